The van der Waals surface area contributed by atoms with Crippen LogP contribution in [0.3, 0.4) is 0 Å². The molecule has 0 aliphatic carbocycles. The summed E-state index contributed by atoms with van der Waals surface area (Å²) in [6.07, 6.45) is -0.319. The van der Waals surface area contributed by atoms with Crippen LogP contribution in [0.1, 0.15) is 17.2 Å². The van der Waals surface area contributed by atoms with Crippen molar-refractivity contribution in [3.05, 3.63) is 70.6 Å². The molecule has 1 saturated heterocycles. The molecule has 5 nitrogen and oxygen atoms in total. The minimum Gasteiger partial charge on any atom is -0.483 e. The molecule has 23 heavy (non-hydrogen) atoms. The molecule has 1 heterocycles. The summed E-state index contributed by atoms with van der Waals surface area (Å²) >= 11 is 0. The van der Waals surface area contributed by atoms with Gasteiger partial charge in [-0.05, 0) is 11.6 Å². The van der Waals surface area contributed by atoms with Crippen LogP contribution < -0.4 is 10.1 Å². The number of morpholine rings is 1. The normalized spacial score (nSPS) is 19.0. The van der Waals surface area contributed by atoms with Crippen LogP contribution in [-0.2, 0) is 11.3 Å². The summed E-state index contributed by atoms with van der Waals surface area (Å²) in [6.45, 7) is 2.34. The van der Waals surface area contributed by atoms with Crippen LogP contribution in [0.15, 0.2) is 59.8 Å². The number of hydrogen-bond donors (Lipinski definition) is 1. The average molecular weight is 312 g/mol. The van der Waals surface area contributed by atoms with Crippen LogP contribution >= 0.6 is 0 Å². The van der Waals surface area contributed by atoms with Gasteiger partial charge in [0.05, 0.1) is 6.61 Å². The summed E-state index contributed by atoms with van der Waals surface area (Å²) in [7, 11) is 0. The summed E-state index contributed by atoms with van der Waals surface area (Å²) in [6, 6.07) is 17.5. The molecule has 0 unspecified atom stereocenters. The second kappa shape index (κ2) is 7.85. The molecule has 0 spiro atoms. The lowest BCUT2D eigenvalue weighted by Gasteiger charge is -2.32. The number of nitroso groups, excluding NO2 is 1. The van der Waals surface area contributed by atoms with Crippen LogP contribution in [0.4, 0.5) is 0 Å². The van der Waals surface area contributed by atoms with Crippen LogP contribution in [0, 0.1) is 4.91 Å². The van der Waals surface area contributed by atoms with E-state index in [1.165, 1.54) is 0 Å². The molecule has 0 aromatic heterocycles. The smallest absolute Gasteiger partial charge is 0.151 e. The molecular weight excluding hydrogens is 292 g/mol. The SMILES string of the molecule is O=NCc1ccccc1O[C@@H](c1ccccc1)[C@@H]1CNCCO1. The van der Waals surface area contributed by atoms with Crippen molar-refractivity contribution in [3.8, 4) is 5.75 Å². The van der Waals surface area contributed by atoms with Crippen LogP contribution in [0.25, 0.3) is 0 Å². The predicted molar refractivity (Wildman–Crippen MR) is 88.4 cm³/mol. The lowest BCUT2D eigenvalue weighted by Crippen LogP contribution is -2.43. The lowest BCUT2D eigenvalue weighted by molar-refractivity contribution is -0.0435. The fourth-order valence-electron chi connectivity index (χ4n) is 2.74. The van der Waals surface area contributed by atoms with Gasteiger partial charge in [-0.15, -0.1) is 0 Å². The van der Waals surface area contributed by atoms with Gasteiger partial charge in [0, 0.05) is 18.7 Å². The molecule has 2 aromatic carbocycles. The topological polar surface area (TPSA) is 59.9 Å². The molecule has 0 amide bonds. The van der Waals surface area contributed by atoms with E-state index >= 15 is 0 Å². The number of nitrogens with one attached hydrogen (secondary N) is 1. The van der Waals surface area contributed by atoms with Gasteiger partial charge >= 0.3 is 0 Å². The van der Waals surface area contributed by atoms with Gasteiger partial charge < -0.3 is 14.8 Å². The third-order valence-corrected chi connectivity index (χ3v) is 3.88. The standard InChI is InChI=1S/C18H20N2O3/c21-20-12-15-8-4-5-9-16(15)23-18(14-6-2-1-3-7-14)17-13-19-10-11-22-17/h1-9,17-19H,10-13H2/t17-,18-/m0/s1. The molecule has 1 fully saturated rings. The van der Waals surface area contributed by atoms with E-state index in [1.807, 2.05) is 54.6 Å². The number of hydrogen-bond acceptors (Lipinski definition) is 5. The number of benzene rings is 2. The van der Waals surface area contributed by atoms with E-state index in [-0.39, 0.29) is 18.8 Å². The highest BCUT2D eigenvalue weighted by Gasteiger charge is 2.28. The van der Waals surface area contributed by atoms with Crippen LogP contribution in [0.2, 0.25) is 0 Å². The Bertz CT molecular complexity index is 627. The zero-order chi connectivity index (χ0) is 15.9. The van der Waals surface area contributed by atoms with Crippen molar-refractivity contribution in [2.24, 2.45) is 5.18 Å². The Morgan fingerprint density at radius 3 is 2.70 bits per heavy atom. The highest BCUT2D eigenvalue weighted by atomic mass is 16.5. The second-order valence-electron chi connectivity index (χ2n) is 5.46. The highest BCUT2D eigenvalue weighted by molar-refractivity contribution is 5.34. The first-order valence-electron chi connectivity index (χ1n) is 7.79. The van der Waals surface area contributed by atoms with Crippen molar-refractivity contribution < 1.29 is 9.47 Å². The van der Waals surface area contributed by atoms with Gasteiger partial charge in [-0.1, -0.05) is 53.7 Å². The zero-order valence-electron chi connectivity index (χ0n) is 12.9. The van der Waals surface area contributed by atoms with E-state index in [4.69, 9.17) is 9.47 Å². The van der Waals surface area contributed by atoms with E-state index < -0.39 is 0 Å². The fourth-order valence-corrected chi connectivity index (χ4v) is 2.74. The molecule has 0 radical (unpaired) electrons. The number of rotatable bonds is 6. The molecule has 2 aromatic rings. The van der Waals surface area contributed by atoms with Gasteiger partial charge in [0.15, 0.2) is 6.10 Å². The summed E-state index contributed by atoms with van der Waals surface area (Å²) in [5.41, 5.74) is 1.84. The minimum atomic E-state index is -0.239. The predicted octanol–water partition coefficient (Wildman–Crippen LogP) is 3.06. The Morgan fingerprint density at radius 2 is 1.96 bits per heavy atom. The summed E-state index contributed by atoms with van der Waals surface area (Å²) in [4.78, 5) is 10.6. The summed E-state index contributed by atoms with van der Waals surface area (Å²) in [5.74, 6) is 0.676. The monoisotopic (exact) mass is 312 g/mol. The molecule has 1 aliphatic rings. The zero-order valence-corrected chi connectivity index (χ0v) is 12.9. The fraction of sp³-hybridized carbons (Fsp3) is 0.333. The van der Waals surface area contributed by atoms with Gasteiger partial charge in [0.2, 0.25) is 0 Å². The molecular formula is C18H20N2O3. The summed E-state index contributed by atoms with van der Waals surface area (Å²) < 4.78 is 12.2. The van der Waals surface area contributed by atoms with Gasteiger partial charge in [-0.2, -0.15) is 4.91 Å². The second-order valence-corrected chi connectivity index (χ2v) is 5.46. The van der Waals surface area contributed by atoms with E-state index in [0.717, 1.165) is 24.2 Å². The molecule has 1 aliphatic heterocycles. The molecule has 0 bridgehead atoms. The van der Waals surface area contributed by atoms with Crippen molar-refractivity contribution in [2.75, 3.05) is 19.7 Å². The molecule has 1 N–H and O–H groups in total. The first-order valence-corrected chi connectivity index (χ1v) is 7.79. The minimum absolute atomic E-state index is 0.0802. The first-order chi connectivity index (χ1) is 11.4. The Hall–Kier alpha value is -2.24. The van der Waals surface area contributed by atoms with E-state index in [0.29, 0.717) is 12.4 Å². The quantitative estimate of drug-likeness (QED) is 0.833. The number of ether oxygens (including phenoxy) is 2. The Labute approximate surface area is 135 Å². The summed E-state index contributed by atoms with van der Waals surface area (Å²) in [5, 5.41) is 6.32. The largest absolute Gasteiger partial charge is 0.483 e. The number of nitrogens with zero attached hydrogens (tertiary/aromatic N) is 1. The van der Waals surface area contributed by atoms with Gasteiger partial charge in [-0.25, -0.2) is 0 Å². The molecule has 3 rings (SSSR count). The van der Waals surface area contributed by atoms with Gasteiger partial charge in [0.25, 0.3) is 0 Å². The van der Waals surface area contributed by atoms with Crippen LogP contribution in [0.5, 0.6) is 5.75 Å². The Balaban J connectivity index is 1.88. The molecule has 2 atom stereocenters. The first kappa shape index (κ1) is 15.6. The van der Waals surface area contributed by atoms with Crippen molar-refractivity contribution in [2.45, 2.75) is 18.8 Å². The van der Waals surface area contributed by atoms with Gasteiger partial charge in [-0.3, -0.25) is 0 Å². The van der Waals surface area contributed by atoms with Crippen molar-refractivity contribution >= 4 is 0 Å². The maximum Gasteiger partial charge on any atom is 0.151 e. The third-order valence-electron chi connectivity index (χ3n) is 3.88. The van der Waals surface area contributed by atoms with E-state index in [9.17, 15) is 4.91 Å². The third kappa shape index (κ3) is 3.94. The number of para-hydroxylation sites is 1. The average Bonchev–Trinajstić information content (AvgIpc) is 2.63. The van der Waals surface area contributed by atoms with Crippen molar-refractivity contribution in [1.29, 1.82) is 0 Å². The Morgan fingerprint density at radius 1 is 1.17 bits per heavy atom. The van der Waals surface area contributed by atoms with Crippen LogP contribution in [-0.4, -0.2) is 25.8 Å². The maximum atomic E-state index is 10.6. The lowest BCUT2D eigenvalue weighted by atomic mass is 10.0. The van der Waals surface area contributed by atoms with Crippen molar-refractivity contribution in [1.82, 2.24) is 5.32 Å². The Kier molecular flexibility index (Phi) is 5.34. The van der Waals surface area contributed by atoms with E-state index in [2.05, 4.69) is 10.5 Å². The van der Waals surface area contributed by atoms with E-state index in [1.54, 1.807) is 0 Å². The molecule has 5 heteroatoms. The van der Waals surface area contributed by atoms with Gasteiger partial charge in [0.1, 0.15) is 18.4 Å². The maximum absolute atomic E-state index is 10.6. The molecule has 120 valence electrons. The highest BCUT2D eigenvalue weighted by Crippen LogP contribution is 2.29. The molecule has 0 saturated carbocycles. The van der Waals surface area contributed by atoms with Crippen molar-refractivity contribution in [3.63, 3.8) is 0 Å².